The summed E-state index contributed by atoms with van der Waals surface area (Å²) in [6, 6.07) is 2.01. The van der Waals surface area contributed by atoms with Crippen molar-refractivity contribution in [2.45, 2.75) is 37.9 Å². The molecule has 0 spiro atoms. The van der Waals surface area contributed by atoms with Crippen molar-refractivity contribution in [2.75, 3.05) is 14.2 Å². The summed E-state index contributed by atoms with van der Waals surface area (Å²) in [6.07, 6.45) is 3.33. The van der Waals surface area contributed by atoms with E-state index in [0.29, 0.717) is 10.2 Å². The molecule has 106 valence electrons. The van der Waals surface area contributed by atoms with E-state index in [4.69, 9.17) is 9.47 Å². The maximum absolute atomic E-state index is 5.61. The Morgan fingerprint density at radius 2 is 1.95 bits per heavy atom. The summed E-state index contributed by atoms with van der Waals surface area (Å²) < 4.78 is 12.2. The van der Waals surface area contributed by atoms with Gasteiger partial charge in [0.15, 0.2) is 11.5 Å². The van der Waals surface area contributed by atoms with Crippen molar-refractivity contribution in [3.8, 4) is 11.5 Å². The molecule has 1 aromatic rings. The maximum atomic E-state index is 5.61. The van der Waals surface area contributed by atoms with E-state index in [-0.39, 0.29) is 0 Å². The Kier molecular flexibility index (Phi) is 4.51. The highest BCUT2D eigenvalue weighted by atomic mass is 79.9. The first-order valence-electron chi connectivity index (χ1n) is 6.47. The third-order valence-corrected chi connectivity index (χ3v) is 5.35. The predicted molar refractivity (Wildman–Crippen MR) is 85.6 cm³/mol. The van der Waals surface area contributed by atoms with Crippen LogP contribution in [0.1, 0.15) is 42.6 Å². The van der Waals surface area contributed by atoms with Crippen LogP contribution in [-0.2, 0) is 6.42 Å². The van der Waals surface area contributed by atoms with Gasteiger partial charge in [-0.1, -0.05) is 45.7 Å². The van der Waals surface area contributed by atoms with Crippen LogP contribution in [0.3, 0.4) is 0 Å². The lowest BCUT2D eigenvalue weighted by molar-refractivity contribution is 0.314. The van der Waals surface area contributed by atoms with Gasteiger partial charge in [0.2, 0.25) is 0 Å². The number of ether oxygens (including phenoxy) is 2. The van der Waals surface area contributed by atoms with Gasteiger partial charge in [-0.25, -0.2) is 0 Å². The summed E-state index contributed by atoms with van der Waals surface area (Å²) in [5, 5.41) is 0. The largest absolute Gasteiger partial charge is 0.493 e. The van der Waals surface area contributed by atoms with E-state index < -0.39 is 0 Å². The van der Waals surface area contributed by atoms with Crippen LogP contribution < -0.4 is 9.47 Å². The van der Waals surface area contributed by atoms with E-state index in [9.17, 15) is 0 Å². The number of fused-ring (bicyclic) bond motifs is 1. The molecular weight excluding hydrogens is 372 g/mol. The molecule has 1 atom stereocenters. The average Bonchev–Trinajstić information content (AvgIpc) is 2.46. The van der Waals surface area contributed by atoms with Crippen LogP contribution in [-0.4, -0.2) is 14.2 Å². The second kappa shape index (κ2) is 5.65. The Labute approximate surface area is 132 Å². The number of hydrogen-bond acceptors (Lipinski definition) is 2. The fourth-order valence-corrected chi connectivity index (χ4v) is 4.75. The fourth-order valence-electron chi connectivity index (χ4n) is 2.77. The minimum Gasteiger partial charge on any atom is -0.493 e. The number of alkyl halides is 1. The number of benzene rings is 1. The third-order valence-electron chi connectivity index (χ3n) is 3.86. The lowest BCUT2D eigenvalue weighted by Crippen LogP contribution is -2.11. The van der Waals surface area contributed by atoms with Crippen LogP contribution in [0.15, 0.2) is 10.5 Å². The standard InChI is InChI=1S/C15H20Br2O2/c1-15(2)6-5-9-10(16)7-12(18-3)14(19-4)13(9)11(17)8-15/h7,11H,5-6,8H2,1-4H3. The van der Waals surface area contributed by atoms with Crippen LogP contribution in [0.25, 0.3) is 0 Å². The van der Waals surface area contributed by atoms with E-state index >= 15 is 0 Å². The van der Waals surface area contributed by atoms with Gasteiger partial charge in [-0.3, -0.25) is 0 Å². The lowest BCUT2D eigenvalue weighted by Gasteiger charge is -2.24. The second-order valence-electron chi connectivity index (χ2n) is 5.82. The van der Waals surface area contributed by atoms with E-state index in [1.165, 1.54) is 17.5 Å². The van der Waals surface area contributed by atoms with Crippen molar-refractivity contribution in [2.24, 2.45) is 5.41 Å². The molecule has 1 aliphatic carbocycles. The first-order chi connectivity index (χ1) is 8.89. The third kappa shape index (κ3) is 2.94. The van der Waals surface area contributed by atoms with Gasteiger partial charge >= 0.3 is 0 Å². The number of hydrogen-bond donors (Lipinski definition) is 0. The molecule has 0 heterocycles. The summed E-state index contributed by atoms with van der Waals surface area (Å²) in [6.45, 7) is 4.65. The minimum atomic E-state index is 0.293. The van der Waals surface area contributed by atoms with Gasteiger partial charge in [-0.05, 0) is 36.3 Å². The van der Waals surface area contributed by atoms with E-state index in [2.05, 4.69) is 45.7 Å². The normalized spacial score (nSPS) is 21.5. The van der Waals surface area contributed by atoms with Crippen molar-refractivity contribution < 1.29 is 9.47 Å². The number of rotatable bonds is 2. The van der Waals surface area contributed by atoms with Crippen molar-refractivity contribution in [3.63, 3.8) is 0 Å². The Morgan fingerprint density at radius 1 is 1.26 bits per heavy atom. The van der Waals surface area contributed by atoms with E-state index in [0.717, 1.165) is 28.8 Å². The van der Waals surface area contributed by atoms with Crippen molar-refractivity contribution >= 4 is 31.9 Å². The average molecular weight is 392 g/mol. The molecule has 0 aliphatic heterocycles. The highest BCUT2D eigenvalue weighted by molar-refractivity contribution is 9.10. The molecule has 0 fully saturated rings. The molecule has 0 aromatic heterocycles. The van der Waals surface area contributed by atoms with Crippen LogP contribution in [0, 0.1) is 5.41 Å². The topological polar surface area (TPSA) is 18.5 Å². The molecule has 0 saturated heterocycles. The van der Waals surface area contributed by atoms with Crippen LogP contribution in [0.2, 0.25) is 0 Å². The molecule has 0 amide bonds. The zero-order valence-corrected chi connectivity index (χ0v) is 15.0. The molecule has 0 saturated carbocycles. The van der Waals surface area contributed by atoms with Gasteiger partial charge in [0.1, 0.15) is 0 Å². The molecule has 0 N–H and O–H groups in total. The molecule has 0 bridgehead atoms. The Bertz CT molecular complexity index is 484. The Hall–Kier alpha value is -0.220. The lowest BCUT2D eigenvalue weighted by atomic mass is 9.84. The molecule has 0 radical (unpaired) electrons. The minimum absolute atomic E-state index is 0.293. The van der Waals surface area contributed by atoms with Gasteiger partial charge in [-0.15, -0.1) is 0 Å². The quantitative estimate of drug-likeness (QED) is 0.505. The van der Waals surface area contributed by atoms with Crippen molar-refractivity contribution in [1.82, 2.24) is 0 Å². The second-order valence-corrected chi connectivity index (χ2v) is 7.78. The first kappa shape index (κ1) is 15.2. The number of halogens is 2. The zero-order valence-electron chi connectivity index (χ0n) is 11.8. The summed E-state index contributed by atoms with van der Waals surface area (Å²) in [5.41, 5.74) is 2.90. The van der Waals surface area contributed by atoms with Gasteiger partial charge in [0, 0.05) is 14.9 Å². The summed E-state index contributed by atoms with van der Waals surface area (Å²) >= 11 is 7.53. The first-order valence-corrected chi connectivity index (χ1v) is 8.18. The monoisotopic (exact) mass is 390 g/mol. The molecule has 1 unspecified atom stereocenters. The Balaban J connectivity index is 2.62. The Morgan fingerprint density at radius 3 is 2.53 bits per heavy atom. The van der Waals surface area contributed by atoms with Crippen LogP contribution >= 0.6 is 31.9 Å². The zero-order chi connectivity index (χ0) is 14.2. The predicted octanol–water partition coefficient (Wildman–Crippen LogP) is 5.26. The smallest absolute Gasteiger partial charge is 0.165 e. The molecule has 4 heteroatoms. The van der Waals surface area contributed by atoms with Gasteiger partial charge in [0.25, 0.3) is 0 Å². The molecule has 1 aromatic carbocycles. The molecular formula is C15H20Br2O2. The van der Waals surface area contributed by atoms with Crippen LogP contribution in [0.5, 0.6) is 11.5 Å². The molecule has 2 nitrogen and oxygen atoms in total. The summed E-state index contributed by atoms with van der Waals surface area (Å²) in [4.78, 5) is 0.293. The molecule has 2 rings (SSSR count). The number of methoxy groups -OCH3 is 2. The summed E-state index contributed by atoms with van der Waals surface area (Å²) in [7, 11) is 3.39. The highest BCUT2D eigenvalue weighted by Gasteiger charge is 2.32. The fraction of sp³-hybridized carbons (Fsp3) is 0.600. The van der Waals surface area contributed by atoms with E-state index in [1.54, 1.807) is 14.2 Å². The van der Waals surface area contributed by atoms with Crippen LogP contribution in [0.4, 0.5) is 0 Å². The summed E-state index contributed by atoms with van der Waals surface area (Å²) in [5.74, 6) is 1.65. The van der Waals surface area contributed by atoms with Gasteiger partial charge < -0.3 is 9.47 Å². The SMILES string of the molecule is COc1cc(Br)c2c(c1OC)C(Br)CC(C)(C)CC2. The van der Waals surface area contributed by atoms with Crippen molar-refractivity contribution in [1.29, 1.82) is 0 Å². The van der Waals surface area contributed by atoms with Gasteiger partial charge in [0.05, 0.1) is 14.2 Å². The molecule has 1 aliphatic rings. The van der Waals surface area contributed by atoms with Gasteiger partial charge in [-0.2, -0.15) is 0 Å². The molecule has 19 heavy (non-hydrogen) atoms. The highest BCUT2D eigenvalue weighted by Crippen LogP contribution is 2.51. The van der Waals surface area contributed by atoms with E-state index in [1.807, 2.05) is 6.07 Å². The van der Waals surface area contributed by atoms with Crippen molar-refractivity contribution in [3.05, 3.63) is 21.7 Å². The maximum Gasteiger partial charge on any atom is 0.165 e.